The minimum Gasteiger partial charge on any atom is -0.337 e. The summed E-state index contributed by atoms with van der Waals surface area (Å²) in [6.07, 6.45) is 0. The fraction of sp³-hybridized carbons (Fsp3) is 0.190. The van der Waals surface area contributed by atoms with Crippen LogP contribution in [0.1, 0.15) is 11.1 Å². The number of ketones is 1. The smallest absolute Gasteiger partial charge is 0.214 e. The van der Waals surface area contributed by atoms with E-state index in [1.54, 1.807) is 4.68 Å². The van der Waals surface area contributed by atoms with Crippen molar-refractivity contribution in [2.75, 3.05) is 17.7 Å². The van der Waals surface area contributed by atoms with E-state index in [4.69, 9.17) is 0 Å². The minimum atomic E-state index is -0.250. The number of para-hydroxylation sites is 1. The molecule has 0 fully saturated rings. The van der Waals surface area contributed by atoms with Crippen molar-refractivity contribution < 1.29 is 4.79 Å². The van der Waals surface area contributed by atoms with E-state index in [2.05, 4.69) is 27.7 Å². The molecule has 0 amide bonds. The zero-order valence-corrected chi connectivity index (χ0v) is 18.3. The van der Waals surface area contributed by atoms with Crippen molar-refractivity contribution in [1.82, 2.24) is 20.2 Å². The minimum absolute atomic E-state index is 0.0718. The Balaban J connectivity index is 1.55. The number of thioether (sulfide) groups is 2. The van der Waals surface area contributed by atoms with Gasteiger partial charge in [0.25, 0.3) is 0 Å². The fourth-order valence-corrected chi connectivity index (χ4v) is 5.13. The van der Waals surface area contributed by atoms with Gasteiger partial charge in [-0.1, -0.05) is 53.4 Å². The van der Waals surface area contributed by atoms with Crippen LogP contribution in [0.5, 0.6) is 0 Å². The lowest BCUT2D eigenvalue weighted by Gasteiger charge is -2.14. The maximum Gasteiger partial charge on any atom is 0.214 e. The molecule has 7 nitrogen and oxygen atoms in total. The Kier molecular flexibility index (Phi) is 5.61. The molecule has 0 saturated heterocycles. The number of hydrogen-bond acceptors (Lipinski definition) is 8. The fourth-order valence-electron chi connectivity index (χ4n) is 3.22. The summed E-state index contributed by atoms with van der Waals surface area (Å²) < 4.78 is 1.62. The van der Waals surface area contributed by atoms with E-state index >= 15 is 0 Å². The normalized spacial score (nSPS) is 14.4. The average molecular weight is 435 g/mol. The van der Waals surface area contributed by atoms with Crippen molar-refractivity contribution in [2.24, 2.45) is 0 Å². The van der Waals surface area contributed by atoms with Crippen LogP contribution in [-0.2, 0) is 4.79 Å². The van der Waals surface area contributed by atoms with Crippen LogP contribution in [0.15, 0.2) is 63.1 Å². The van der Waals surface area contributed by atoms with Gasteiger partial charge in [-0.05, 0) is 48.0 Å². The lowest BCUT2D eigenvalue weighted by atomic mass is 10.1. The highest BCUT2D eigenvalue weighted by Gasteiger charge is 2.28. The Bertz CT molecular complexity index is 1210. The molecule has 0 saturated carbocycles. The molecule has 0 aliphatic carbocycles. The lowest BCUT2D eigenvalue weighted by Crippen LogP contribution is -2.16. The molecule has 30 heavy (non-hydrogen) atoms. The van der Waals surface area contributed by atoms with E-state index in [1.165, 1.54) is 23.5 Å². The summed E-state index contributed by atoms with van der Waals surface area (Å²) in [6.45, 7) is 4.02. The van der Waals surface area contributed by atoms with E-state index in [0.29, 0.717) is 10.2 Å². The maximum absolute atomic E-state index is 12.9. The lowest BCUT2D eigenvalue weighted by molar-refractivity contribution is -0.112. The van der Waals surface area contributed by atoms with E-state index in [0.717, 1.165) is 27.4 Å². The van der Waals surface area contributed by atoms with Gasteiger partial charge in [0, 0.05) is 11.9 Å². The Morgan fingerprint density at radius 3 is 2.73 bits per heavy atom. The zero-order valence-electron chi connectivity index (χ0n) is 16.7. The van der Waals surface area contributed by atoms with Crippen LogP contribution in [0.2, 0.25) is 0 Å². The first-order chi connectivity index (χ1) is 14.5. The first-order valence-electron chi connectivity index (χ1n) is 9.16. The van der Waals surface area contributed by atoms with E-state index < -0.39 is 0 Å². The second kappa shape index (κ2) is 8.34. The number of allylic oxidation sites excluding steroid dienone is 1. The predicted molar refractivity (Wildman–Crippen MR) is 118 cm³/mol. The van der Waals surface area contributed by atoms with Gasteiger partial charge in [-0.3, -0.25) is 4.79 Å². The number of nitriles is 1. The number of hydrogen-bond donors (Lipinski definition) is 0. The first kappa shape index (κ1) is 20.2. The van der Waals surface area contributed by atoms with E-state index in [9.17, 15) is 10.1 Å². The molecule has 2 heterocycles. The van der Waals surface area contributed by atoms with E-state index in [1.807, 2.05) is 62.2 Å². The highest BCUT2D eigenvalue weighted by Crippen LogP contribution is 2.46. The Morgan fingerprint density at radius 2 is 2.00 bits per heavy atom. The van der Waals surface area contributed by atoms with Crippen molar-refractivity contribution in [3.63, 3.8) is 0 Å². The van der Waals surface area contributed by atoms with Crippen molar-refractivity contribution >= 4 is 35.0 Å². The van der Waals surface area contributed by atoms with Gasteiger partial charge in [-0.15, -0.1) is 5.10 Å². The summed E-state index contributed by atoms with van der Waals surface area (Å²) in [5.74, 6) is -0.178. The first-order valence-corrected chi connectivity index (χ1v) is 11.0. The number of carbonyl (C=O) groups excluding carboxylic acids is 1. The predicted octanol–water partition coefficient (Wildman–Crippen LogP) is 3.92. The third kappa shape index (κ3) is 3.72. The molecule has 0 spiro atoms. The molecule has 0 bridgehead atoms. The average Bonchev–Trinajstić information content (AvgIpc) is 3.32. The van der Waals surface area contributed by atoms with Crippen molar-refractivity contribution in [2.45, 2.75) is 23.9 Å². The summed E-state index contributed by atoms with van der Waals surface area (Å²) in [4.78, 5) is 15.8. The third-order valence-corrected chi connectivity index (χ3v) is 6.85. The van der Waals surface area contributed by atoms with Crippen molar-refractivity contribution in [3.05, 3.63) is 64.2 Å². The molecular formula is C21H18N6OS2. The number of carbonyl (C=O) groups is 1. The molecule has 1 aliphatic heterocycles. The number of anilines is 1. The Morgan fingerprint density at radius 1 is 1.20 bits per heavy atom. The number of Topliss-reactive ketones (excluding diaryl/α,β-unsaturated/α-hetero) is 1. The molecule has 0 atom stereocenters. The highest BCUT2D eigenvalue weighted by atomic mass is 32.2. The summed E-state index contributed by atoms with van der Waals surface area (Å²) in [5, 5.41) is 22.7. The molecule has 4 rings (SSSR count). The Hall–Kier alpha value is -3.09. The van der Waals surface area contributed by atoms with Crippen LogP contribution in [0.3, 0.4) is 0 Å². The van der Waals surface area contributed by atoms with Crippen LogP contribution >= 0.6 is 23.5 Å². The van der Waals surface area contributed by atoms with Gasteiger partial charge in [-0.2, -0.15) is 9.94 Å². The molecule has 1 aromatic heterocycles. The van der Waals surface area contributed by atoms with Gasteiger partial charge < -0.3 is 4.90 Å². The number of tetrazole rings is 1. The van der Waals surface area contributed by atoms with Gasteiger partial charge in [0.15, 0.2) is 5.78 Å². The molecule has 0 unspecified atom stereocenters. The van der Waals surface area contributed by atoms with Crippen LogP contribution in [0.25, 0.3) is 5.69 Å². The van der Waals surface area contributed by atoms with Gasteiger partial charge >= 0.3 is 0 Å². The van der Waals surface area contributed by atoms with Gasteiger partial charge in [0.2, 0.25) is 5.16 Å². The number of fused-ring (bicyclic) bond motifs is 1. The molecule has 0 N–H and O–H groups in total. The molecule has 1 aliphatic rings. The second-order valence-electron chi connectivity index (χ2n) is 6.80. The van der Waals surface area contributed by atoms with Gasteiger partial charge in [-0.25, -0.2) is 0 Å². The summed E-state index contributed by atoms with van der Waals surface area (Å²) >= 11 is 2.66. The van der Waals surface area contributed by atoms with E-state index in [-0.39, 0.29) is 17.1 Å². The molecule has 2 aromatic carbocycles. The van der Waals surface area contributed by atoms with Gasteiger partial charge in [0.1, 0.15) is 16.7 Å². The molecule has 150 valence electrons. The van der Waals surface area contributed by atoms with Gasteiger partial charge in [0.05, 0.1) is 17.1 Å². The second-order valence-corrected chi connectivity index (χ2v) is 8.77. The largest absolute Gasteiger partial charge is 0.337 e. The zero-order chi connectivity index (χ0) is 21.3. The quantitative estimate of drug-likeness (QED) is 0.339. The van der Waals surface area contributed by atoms with Crippen LogP contribution in [-0.4, -0.2) is 38.8 Å². The van der Waals surface area contributed by atoms with Crippen LogP contribution in [0, 0.1) is 25.2 Å². The maximum atomic E-state index is 12.9. The summed E-state index contributed by atoms with van der Waals surface area (Å²) in [7, 11) is 1.87. The topological polar surface area (TPSA) is 87.7 Å². The van der Waals surface area contributed by atoms with Crippen LogP contribution in [0.4, 0.5) is 5.69 Å². The molecular weight excluding hydrogens is 416 g/mol. The molecule has 0 radical (unpaired) electrons. The van der Waals surface area contributed by atoms with Crippen LogP contribution < -0.4 is 4.90 Å². The number of rotatable bonds is 5. The number of aromatic nitrogens is 4. The van der Waals surface area contributed by atoms with Crippen molar-refractivity contribution in [3.8, 4) is 11.8 Å². The third-order valence-electron chi connectivity index (χ3n) is 4.70. The monoisotopic (exact) mass is 434 g/mol. The Labute approximate surface area is 182 Å². The number of nitrogens with zero attached hydrogens (tertiary/aromatic N) is 6. The number of aryl methyl sites for hydroxylation is 2. The molecule has 9 heteroatoms. The summed E-state index contributed by atoms with van der Waals surface area (Å²) in [5.41, 5.74) is 4.19. The van der Waals surface area contributed by atoms with Crippen molar-refractivity contribution in [1.29, 1.82) is 5.26 Å². The SMILES string of the molecule is Cc1ccc(-n2nnnc2SCC(=O)C(C#N)=C2Sc3ccccc3N2C)c(C)c1. The molecule has 3 aromatic rings. The summed E-state index contributed by atoms with van der Waals surface area (Å²) in [6, 6.07) is 15.9. The standard InChI is InChI=1S/C21H18N6OS2/c1-13-8-9-16(14(2)10-13)27-21(23-24-25-27)29-12-18(28)15(11-22)20-26(3)17-6-4-5-7-19(17)30-20/h4-10H,12H2,1-3H3. The number of benzene rings is 2. The highest BCUT2D eigenvalue weighted by molar-refractivity contribution is 8.03.